The normalized spacial score (nSPS) is 10.3. The molecular weight excluding hydrogens is 290 g/mol. The molecule has 3 aromatic rings. The van der Waals surface area contributed by atoms with Gasteiger partial charge in [-0.05, 0) is 29.8 Å². The van der Waals surface area contributed by atoms with Gasteiger partial charge in [-0.1, -0.05) is 36.4 Å². The molecule has 0 fully saturated rings. The maximum Gasteiger partial charge on any atom is 0.261 e. The minimum atomic E-state index is -0.432. The van der Waals surface area contributed by atoms with Crippen LogP contribution in [0.3, 0.4) is 0 Å². The standard InChI is InChI=1S/C18H15N3O2/c22-17(20-12-13-6-2-1-3-7-13)14-9-10-16(21-18(14)23)15-8-4-5-11-19-15/h1-11H,12H2,(H,20,22)(H,21,23). The lowest BCUT2D eigenvalue weighted by Crippen LogP contribution is -2.29. The number of carbonyl (C=O) groups is 1. The van der Waals surface area contributed by atoms with Crippen LogP contribution in [0.2, 0.25) is 0 Å². The SMILES string of the molecule is O=C(NCc1ccccc1)c1ccc(-c2ccccn2)[nH]c1=O. The van der Waals surface area contributed by atoms with Gasteiger partial charge in [-0.15, -0.1) is 0 Å². The lowest BCUT2D eigenvalue weighted by atomic mass is 10.2. The molecule has 0 aliphatic rings. The third-order valence-corrected chi connectivity index (χ3v) is 3.39. The van der Waals surface area contributed by atoms with Crippen molar-refractivity contribution in [2.75, 3.05) is 0 Å². The Morgan fingerprint density at radius 3 is 2.48 bits per heavy atom. The van der Waals surface area contributed by atoms with Gasteiger partial charge in [0.25, 0.3) is 11.5 Å². The fraction of sp³-hybridized carbons (Fsp3) is 0.0556. The summed E-state index contributed by atoms with van der Waals surface area (Å²) >= 11 is 0. The molecule has 114 valence electrons. The second-order valence-electron chi connectivity index (χ2n) is 5.00. The number of nitrogens with one attached hydrogen (secondary N) is 2. The highest BCUT2D eigenvalue weighted by Gasteiger charge is 2.11. The Hall–Kier alpha value is -3.21. The fourth-order valence-electron chi connectivity index (χ4n) is 2.20. The molecule has 1 amide bonds. The second kappa shape index (κ2) is 6.70. The van der Waals surface area contributed by atoms with Crippen LogP contribution in [0.25, 0.3) is 11.4 Å². The molecule has 5 nitrogen and oxygen atoms in total. The summed E-state index contributed by atoms with van der Waals surface area (Å²) in [5.74, 6) is -0.400. The number of hydrogen-bond donors (Lipinski definition) is 2. The first-order chi connectivity index (χ1) is 11.2. The summed E-state index contributed by atoms with van der Waals surface area (Å²) in [6.45, 7) is 0.376. The van der Waals surface area contributed by atoms with Crippen LogP contribution in [0.15, 0.2) is 71.7 Å². The van der Waals surface area contributed by atoms with E-state index in [-0.39, 0.29) is 5.56 Å². The lowest BCUT2D eigenvalue weighted by Gasteiger charge is -2.06. The van der Waals surface area contributed by atoms with Crippen molar-refractivity contribution in [2.24, 2.45) is 0 Å². The molecule has 2 heterocycles. The van der Waals surface area contributed by atoms with Crippen molar-refractivity contribution in [1.29, 1.82) is 0 Å². The van der Waals surface area contributed by atoms with Crippen molar-refractivity contribution < 1.29 is 4.79 Å². The first-order valence-electron chi connectivity index (χ1n) is 7.21. The Kier molecular flexibility index (Phi) is 4.29. The highest BCUT2D eigenvalue weighted by Crippen LogP contribution is 2.11. The summed E-state index contributed by atoms with van der Waals surface area (Å²) < 4.78 is 0. The van der Waals surface area contributed by atoms with E-state index in [4.69, 9.17) is 0 Å². The smallest absolute Gasteiger partial charge is 0.261 e. The van der Waals surface area contributed by atoms with Gasteiger partial charge in [0.05, 0.1) is 11.4 Å². The quantitative estimate of drug-likeness (QED) is 0.777. The molecule has 0 aliphatic heterocycles. The molecule has 0 radical (unpaired) electrons. The number of H-pyrrole nitrogens is 1. The van der Waals surface area contributed by atoms with E-state index in [0.29, 0.717) is 17.9 Å². The van der Waals surface area contributed by atoms with Crippen LogP contribution >= 0.6 is 0 Å². The average Bonchev–Trinajstić information content (AvgIpc) is 2.61. The van der Waals surface area contributed by atoms with Crippen LogP contribution < -0.4 is 10.9 Å². The third-order valence-electron chi connectivity index (χ3n) is 3.39. The maximum absolute atomic E-state index is 12.1. The Bertz CT molecular complexity index is 858. The molecule has 0 saturated heterocycles. The molecule has 0 atom stereocenters. The van der Waals surface area contributed by atoms with Crippen molar-refractivity contribution >= 4 is 5.91 Å². The van der Waals surface area contributed by atoms with Crippen LogP contribution in [-0.4, -0.2) is 15.9 Å². The summed E-state index contributed by atoms with van der Waals surface area (Å²) in [7, 11) is 0. The predicted octanol–water partition coefficient (Wildman–Crippen LogP) is 2.37. The van der Waals surface area contributed by atoms with Gasteiger partial charge in [-0.25, -0.2) is 0 Å². The van der Waals surface area contributed by atoms with Gasteiger partial charge in [-0.3, -0.25) is 14.6 Å². The fourth-order valence-corrected chi connectivity index (χ4v) is 2.20. The number of nitrogens with zero attached hydrogens (tertiary/aromatic N) is 1. The zero-order valence-electron chi connectivity index (χ0n) is 12.3. The van der Waals surface area contributed by atoms with Crippen LogP contribution in [0.1, 0.15) is 15.9 Å². The number of pyridine rings is 2. The van der Waals surface area contributed by atoms with E-state index >= 15 is 0 Å². The molecule has 23 heavy (non-hydrogen) atoms. The van der Waals surface area contributed by atoms with Gasteiger partial charge >= 0.3 is 0 Å². The van der Waals surface area contributed by atoms with Gasteiger partial charge in [0.15, 0.2) is 0 Å². The van der Waals surface area contributed by atoms with E-state index in [2.05, 4.69) is 15.3 Å². The number of rotatable bonds is 4. The first kappa shape index (κ1) is 14.7. The Balaban J connectivity index is 1.75. The zero-order valence-corrected chi connectivity index (χ0v) is 12.3. The maximum atomic E-state index is 12.1. The Labute approximate surface area is 133 Å². The van der Waals surface area contributed by atoms with Gasteiger partial charge in [-0.2, -0.15) is 0 Å². The molecule has 0 bridgehead atoms. The van der Waals surface area contributed by atoms with E-state index in [1.54, 1.807) is 24.4 Å². The van der Waals surface area contributed by atoms with E-state index in [9.17, 15) is 9.59 Å². The van der Waals surface area contributed by atoms with E-state index < -0.39 is 11.5 Å². The molecule has 0 unspecified atom stereocenters. The predicted molar refractivity (Wildman–Crippen MR) is 87.9 cm³/mol. The summed E-state index contributed by atoms with van der Waals surface area (Å²) in [5.41, 5.74) is 1.86. The van der Waals surface area contributed by atoms with E-state index in [1.807, 2.05) is 36.4 Å². The Morgan fingerprint density at radius 2 is 1.78 bits per heavy atom. The van der Waals surface area contributed by atoms with Crippen molar-refractivity contribution in [3.8, 4) is 11.4 Å². The first-order valence-corrected chi connectivity index (χ1v) is 7.21. The highest BCUT2D eigenvalue weighted by atomic mass is 16.2. The molecule has 5 heteroatoms. The third kappa shape index (κ3) is 3.52. The number of aromatic nitrogens is 2. The van der Waals surface area contributed by atoms with Crippen molar-refractivity contribution in [3.05, 3.63) is 88.3 Å². The number of hydrogen-bond acceptors (Lipinski definition) is 3. The van der Waals surface area contributed by atoms with Gasteiger partial charge in [0, 0.05) is 12.7 Å². The molecule has 0 aliphatic carbocycles. The lowest BCUT2D eigenvalue weighted by molar-refractivity contribution is 0.0949. The van der Waals surface area contributed by atoms with Crippen LogP contribution in [0, 0.1) is 0 Å². The summed E-state index contributed by atoms with van der Waals surface area (Å²) in [4.78, 5) is 31.1. The van der Waals surface area contributed by atoms with Crippen molar-refractivity contribution in [2.45, 2.75) is 6.54 Å². The van der Waals surface area contributed by atoms with Gasteiger partial charge in [0.2, 0.25) is 0 Å². The molecule has 1 aromatic carbocycles. The minimum absolute atomic E-state index is 0.0839. The Morgan fingerprint density at radius 1 is 1.00 bits per heavy atom. The summed E-state index contributed by atoms with van der Waals surface area (Å²) in [5, 5.41) is 2.74. The summed E-state index contributed by atoms with van der Waals surface area (Å²) in [6.07, 6.45) is 1.65. The van der Waals surface area contributed by atoms with Crippen molar-refractivity contribution in [3.63, 3.8) is 0 Å². The van der Waals surface area contributed by atoms with E-state index in [0.717, 1.165) is 5.56 Å². The average molecular weight is 305 g/mol. The largest absolute Gasteiger partial charge is 0.348 e. The number of aromatic amines is 1. The molecule has 2 N–H and O–H groups in total. The van der Waals surface area contributed by atoms with Crippen LogP contribution in [0.4, 0.5) is 0 Å². The topological polar surface area (TPSA) is 74.8 Å². The molecule has 3 rings (SSSR count). The monoisotopic (exact) mass is 305 g/mol. The van der Waals surface area contributed by atoms with Gasteiger partial charge < -0.3 is 10.3 Å². The summed E-state index contributed by atoms with van der Waals surface area (Å²) in [6, 6.07) is 18.2. The van der Waals surface area contributed by atoms with Crippen LogP contribution in [0.5, 0.6) is 0 Å². The number of carbonyl (C=O) groups excluding carboxylic acids is 1. The second-order valence-corrected chi connectivity index (χ2v) is 5.00. The van der Waals surface area contributed by atoms with Crippen molar-refractivity contribution in [1.82, 2.24) is 15.3 Å². The number of amides is 1. The molecule has 0 saturated carbocycles. The highest BCUT2D eigenvalue weighted by molar-refractivity contribution is 5.94. The van der Waals surface area contributed by atoms with Gasteiger partial charge in [0.1, 0.15) is 5.56 Å². The number of benzene rings is 1. The molecule has 0 spiro atoms. The molecule has 2 aromatic heterocycles. The molecular formula is C18H15N3O2. The van der Waals surface area contributed by atoms with Crippen LogP contribution in [-0.2, 0) is 6.54 Å². The van der Waals surface area contributed by atoms with E-state index in [1.165, 1.54) is 6.07 Å². The minimum Gasteiger partial charge on any atom is -0.348 e. The zero-order chi connectivity index (χ0) is 16.1.